The monoisotopic (exact) mass is 165 g/mol. The predicted molar refractivity (Wildman–Crippen MR) is 42.4 cm³/mol. The van der Waals surface area contributed by atoms with Gasteiger partial charge < -0.3 is 9.84 Å². The minimum Gasteiger partial charge on any atom is -0.870 e. The molecule has 3 heteroatoms. The van der Waals surface area contributed by atoms with Crippen LogP contribution in [0.5, 0.6) is 11.5 Å². The number of ether oxygens (including phenoxy) is 1. The third kappa shape index (κ3) is 1.75. The Labute approximate surface area is 70.6 Å². The van der Waals surface area contributed by atoms with Gasteiger partial charge in [-0.25, -0.2) is 0 Å². The fourth-order valence-corrected chi connectivity index (χ4v) is 0.866. The average molecular weight is 165 g/mol. The van der Waals surface area contributed by atoms with Crippen LogP contribution >= 0.6 is 0 Å². The van der Waals surface area contributed by atoms with E-state index in [-0.39, 0.29) is 11.5 Å². The van der Waals surface area contributed by atoms with E-state index in [0.29, 0.717) is 18.5 Å². The number of benzene rings is 1. The van der Waals surface area contributed by atoms with Gasteiger partial charge in [0.05, 0.1) is 6.61 Å². The molecular formula is C9H9O3-. The van der Waals surface area contributed by atoms with Gasteiger partial charge in [0.1, 0.15) is 12.0 Å². The van der Waals surface area contributed by atoms with Crippen molar-refractivity contribution >= 4 is 6.29 Å². The maximum absolute atomic E-state index is 11.0. The molecule has 0 aliphatic heterocycles. The van der Waals surface area contributed by atoms with Gasteiger partial charge >= 0.3 is 0 Å². The molecule has 1 aromatic rings. The van der Waals surface area contributed by atoms with E-state index < -0.39 is 0 Å². The highest BCUT2D eigenvalue weighted by Gasteiger charge is 1.95. The molecule has 0 aliphatic carbocycles. The second kappa shape index (κ2) is 3.76. The van der Waals surface area contributed by atoms with Crippen LogP contribution in [-0.2, 0) is 0 Å². The van der Waals surface area contributed by atoms with E-state index in [1.807, 2.05) is 0 Å². The maximum atomic E-state index is 11.0. The maximum Gasteiger partial charge on any atom is 0.150 e. The van der Waals surface area contributed by atoms with Crippen molar-refractivity contribution in [3.63, 3.8) is 0 Å². The van der Waals surface area contributed by atoms with Crippen LogP contribution in [0, 0.1) is 0 Å². The summed E-state index contributed by atoms with van der Waals surface area (Å²) < 4.78 is 5.01. The minimum atomic E-state index is -0.192. The number of hydrogen-bond donors (Lipinski definition) is 0. The van der Waals surface area contributed by atoms with Crippen molar-refractivity contribution < 1.29 is 14.6 Å². The van der Waals surface area contributed by atoms with Crippen molar-refractivity contribution in [2.24, 2.45) is 0 Å². The molecule has 0 amide bonds. The molecule has 3 nitrogen and oxygen atoms in total. The third-order valence-electron chi connectivity index (χ3n) is 1.40. The van der Waals surface area contributed by atoms with Gasteiger partial charge in [-0.2, -0.15) is 0 Å². The highest BCUT2D eigenvalue weighted by Crippen LogP contribution is 2.23. The van der Waals surface area contributed by atoms with Gasteiger partial charge in [-0.1, -0.05) is 17.9 Å². The van der Waals surface area contributed by atoms with Crippen LogP contribution in [0.4, 0.5) is 0 Å². The highest BCUT2D eigenvalue weighted by molar-refractivity contribution is 5.76. The molecule has 0 saturated heterocycles. The molecule has 0 radical (unpaired) electrons. The van der Waals surface area contributed by atoms with Crippen molar-refractivity contribution in [1.29, 1.82) is 0 Å². The number of aldehydes is 1. The second-order valence-corrected chi connectivity index (χ2v) is 2.26. The highest BCUT2D eigenvalue weighted by atomic mass is 16.5. The number of hydrogen-bond acceptors (Lipinski definition) is 3. The Hall–Kier alpha value is -1.51. The first-order valence-corrected chi connectivity index (χ1v) is 3.67. The van der Waals surface area contributed by atoms with Crippen molar-refractivity contribution in [1.82, 2.24) is 0 Å². The van der Waals surface area contributed by atoms with E-state index in [9.17, 15) is 9.90 Å². The summed E-state index contributed by atoms with van der Waals surface area (Å²) in [5.74, 6) is 0.0459. The van der Waals surface area contributed by atoms with Gasteiger partial charge in [0, 0.05) is 5.56 Å². The summed E-state index contributed by atoms with van der Waals surface area (Å²) in [6, 6.07) is 4.24. The molecule has 0 saturated carbocycles. The number of carbonyl (C=O) groups excluding carboxylic acids is 1. The standard InChI is InChI=1S/C9H10O3/c1-2-12-9-5-7(6-10)3-4-8(9)11/h3-6,11H,2H2,1H3/p-1. The summed E-state index contributed by atoms with van der Waals surface area (Å²) in [6.07, 6.45) is 0.683. The lowest BCUT2D eigenvalue weighted by molar-refractivity contribution is -0.270. The summed E-state index contributed by atoms with van der Waals surface area (Å²) in [4.78, 5) is 10.3. The van der Waals surface area contributed by atoms with Crippen LogP contribution in [0.2, 0.25) is 0 Å². The largest absolute Gasteiger partial charge is 0.870 e. The quantitative estimate of drug-likeness (QED) is 0.627. The topological polar surface area (TPSA) is 49.4 Å². The van der Waals surface area contributed by atoms with Crippen molar-refractivity contribution in [3.05, 3.63) is 23.8 Å². The molecule has 0 unspecified atom stereocenters. The molecule has 0 atom stereocenters. The normalized spacial score (nSPS) is 9.42. The van der Waals surface area contributed by atoms with Gasteiger partial charge in [-0.3, -0.25) is 4.79 Å². The zero-order chi connectivity index (χ0) is 8.97. The first-order chi connectivity index (χ1) is 5.77. The summed E-state index contributed by atoms with van der Waals surface area (Å²) in [6.45, 7) is 2.21. The summed E-state index contributed by atoms with van der Waals surface area (Å²) >= 11 is 0. The molecule has 12 heavy (non-hydrogen) atoms. The molecule has 0 bridgehead atoms. The summed E-state index contributed by atoms with van der Waals surface area (Å²) in [5.41, 5.74) is 0.457. The first-order valence-electron chi connectivity index (χ1n) is 3.67. The van der Waals surface area contributed by atoms with Crippen LogP contribution < -0.4 is 9.84 Å². The molecule has 0 aliphatic rings. The fourth-order valence-electron chi connectivity index (χ4n) is 0.866. The number of rotatable bonds is 3. The van der Waals surface area contributed by atoms with E-state index in [1.54, 1.807) is 6.92 Å². The van der Waals surface area contributed by atoms with Gasteiger partial charge in [0.2, 0.25) is 0 Å². The Balaban J connectivity index is 2.99. The molecule has 0 fully saturated rings. The molecule has 0 heterocycles. The Morgan fingerprint density at radius 2 is 2.33 bits per heavy atom. The molecular weight excluding hydrogens is 156 g/mol. The lowest BCUT2D eigenvalue weighted by Crippen LogP contribution is -1.99. The van der Waals surface area contributed by atoms with E-state index in [1.165, 1.54) is 18.2 Å². The van der Waals surface area contributed by atoms with Gasteiger partial charge in [0.25, 0.3) is 0 Å². The Bertz CT molecular complexity index is 281. The van der Waals surface area contributed by atoms with E-state index in [2.05, 4.69) is 0 Å². The van der Waals surface area contributed by atoms with E-state index >= 15 is 0 Å². The number of carbonyl (C=O) groups is 1. The lowest BCUT2D eigenvalue weighted by atomic mass is 10.2. The second-order valence-electron chi connectivity index (χ2n) is 2.26. The molecule has 1 rings (SSSR count). The van der Waals surface area contributed by atoms with Crippen LogP contribution in [0.25, 0.3) is 0 Å². The van der Waals surface area contributed by atoms with Gasteiger partial charge in [0.15, 0.2) is 0 Å². The van der Waals surface area contributed by atoms with Crippen LogP contribution in [0.1, 0.15) is 17.3 Å². The smallest absolute Gasteiger partial charge is 0.150 e. The van der Waals surface area contributed by atoms with Crippen LogP contribution in [0.3, 0.4) is 0 Å². The van der Waals surface area contributed by atoms with E-state index in [0.717, 1.165) is 0 Å². The van der Waals surface area contributed by atoms with Crippen molar-refractivity contribution in [2.75, 3.05) is 6.61 Å². The van der Waals surface area contributed by atoms with Gasteiger partial charge in [-0.15, -0.1) is 0 Å². The molecule has 1 aromatic carbocycles. The lowest BCUT2D eigenvalue weighted by Gasteiger charge is -2.13. The zero-order valence-corrected chi connectivity index (χ0v) is 6.74. The molecule has 0 aromatic heterocycles. The molecule has 64 valence electrons. The Morgan fingerprint density at radius 1 is 1.58 bits per heavy atom. The molecule has 0 N–H and O–H groups in total. The SMILES string of the molecule is CCOc1cc(C=O)ccc1[O-]. The van der Waals surface area contributed by atoms with Gasteiger partial charge in [-0.05, 0) is 13.0 Å². The van der Waals surface area contributed by atoms with Crippen LogP contribution in [0.15, 0.2) is 18.2 Å². The minimum absolute atomic E-state index is 0.192. The zero-order valence-electron chi connectivity index (χ0n) is 6.74. The van der Waals surface area contributed by atoms with Crippen molar-refractivity contribution in [2.45, 2.75) is 6.92 Å². The van der Waals surface area contributed by atoms with Crippen molar-refractivity contribution in [3.8, 4) is 11.5 Å². The Kier molecular flexibility index (Phi) is 2.69. The first kappa shape index (κ1) is 8.59. The predicted octanol–water partition coefficient (Wildman–Crippen LogP) is 0.971. The fraction of sp³-hybridized carbons (Fsp3) is 0.222. The molecule has 0 spiro atoms. The third-order valence-corrected chi connectivity index (χ3v) is 1.40. The average Bonchev–Trinajstić information content (AvgIpc) is 2.09. The van der Waals surface area contributed by atoms with E-state index in [4.69, 9.17) is 4.74 Å². The summed E-state index contributed by atoms with van der Waals surface area (Å²) in [7, 11) is 0. The van der Waals surface area contributed by atoms with Crippen LogP contribution in [-0.4, -0.2) is 12.9 Å². The Morgan fingerprint density at radius 3 is 2.92 bits per heavy atom. The summed E-state index contributed by atoms with van der Waals surface area (Å²) in [5, 5.41) is 11.0.